The minimum atomic E-state index is -1.23. The molecule has 2 fully saturated rings. The lowest BCUT2D eigenvalue weighted by atomic mass is 9.64. The summed E-state index contributed by atoms with van der Waals surface area (Å²) in [6.07, 6.45) is 8.06. The lowest BCUT2D eigenvalue weighted by Crippen LogP contribution is -2.55. The van der Waals surface area contributed by atoms with Crippen molar-refractivity contribution in [3.05, 3.63) is 106 Å². The molecule has 8 nitrogen and oxygen atoms in total. The third kappa shape index (κ3) is 8.14. The average molecular weight is 710 g/mol. The molecule has 1 saturated heterocycles. The second-order valence-electron chi connectivity index (χ2n) is 15.4. The lowest BCUT2D eigenvalue weighted by molar-refractivity contribution is -0.141. The Balaban J connectivity index is 1.38. The second kappa shape index (κ2) is 16.4. The standard InChI is InChI=1S/C44H55NO7/c1-30-10-8-21-43(2)38(36-18-15-31(24-34(46)17-14-30)25-37(36)42(48)33-11-6-5-7-12-33)20-22-44(43,49)29-45(28-35-13-9-23-52-35)41(47)27-32-16-19-39(50-3)40(26-32)51-4/h5-7,10-12,15-16,18-19,25-26,34-35,38,46,49H,8-9,13-14,17,20-24,27-29H2,1-4H3/t34-,35+,38-,43-,44+/m0/s1. The van der Waals surface area contributed by atoms with E-state index in [9.17, 15) is 19.8 Å². The first kappa shape index (κ1) is 37.8. The van der Waals surface area contributed by atoms with E-state index in [1.165, 1.54) is 5.57 Å². The van der Waals surface area contributed by atoms with Crippen LogP contribution in [0.3, 0.4) is 0 Å². The van der Waals surface area contributed by atoms with Crippen molar-refractivity contribution in [3.8, 4) is 11.5 Å². The number of aliphatic hydroxyl groups excluding tert-OH is 1. The minimum Gasteiger partial charge on any atom is -0.493 e. The quantitative estimate of drug-likeness (QED) is 0.169. The maximum absolute atomic E-state index is 14.3. The number of hydrogen-bond donors (Lipinski definition) is 2. The largest absolute Gasteiger partial charge is 0.493 e. The van der Waals surface area contributed by atoms with Gasteiger partial charge < -0.3 is 29.3 Å². The Morgan fingerprint density at radius 1 is 0.962 bits per heavy atom. The van der Waals surface area contributed by atoms with Crippen molar-refractivity contribution in [2.75, 3.05) is 33.9 Å². The number of aliphatic hydroxyl groups is 2. The highest BCUT2D eigenvalue weighted by Gasteiger charge is 2.57. The van der Waals surface area contributed by atoms with E-state index in [1.807, 2.05) is 65.6 Å². The van der Waals surface area contributed by atoms with Crippen molar-refractivity contribution in [1.82, 2.24) is 4.90 Å². The van der Waals surface area contributed by atoms with Gasteiger partial charge in [-0.15, -0.1) is 0 Å². The number of hydrogen-bond acceptors (Lipinski definition) is 7. The van der Waals surface area contributed by atoms with Crippen molar-refractivity contribution >= 4 is 11.7 Å². The van der Waals surface area contributed by atoms with E-state index in [0.29, 0.717) is 67.9 Å². The highest BCUT2D eigenvalue weighted by atomic mass is 16.5. The van der Waals surface area contributed by atoms with Crippen LogP contribution in [0.2, 0.25) is 0 Å². The first-order valence-electron chi connectivity index (χ1n) is 18.9. The number of benzene rings is 3. The number of ether oxygens (including phenoxy) is 3. The molecule has 2 bridgehead atoms. The molecule has 1 heterocycles. The van der Waals surface area contributed by atoms with Crippen LogP contribution in [0, 0.1) is 5.41 Å². The topological polar surface area (TPSA) is 106 Å². The number of amides is 1. The van der Waals surface area contributed by atoms with Crippen LogP contribution in [0.15, 0.2) is 78.4 Å². The van der Waals surface area contributed by atoms with E-state index in [2.05, 4.69) is 26.0 Å². The van der Waals surface area contributed by atoms with Gasteiger partial charge in [-0.05, 0) is 106 Å². The highest BCUT2D eigenvalue weighted by molar-refractivity contribution is 6.10. The highest BCUT2D eigenvalue weighted by Crippen LogP contribution is 2.59. The van der Waals surface area contributed by atoms with Crippen molar-refractivity contribution in [1.29, 1.82) is 0 Å². The van der Waals surface area contributed by atoms with Crippen LogP contribution in [-0.4, -0.2) is 78.5 Å². The molecular weight excluding hydrogens is 654 g/mol. The number of rotatable bonds is 10. The molecule has 3 aliphatic carbocycles. The molecule has 5 atom stereocenters. The molecule has 0 aromatic heterocycles. The van der Waals surface area contributed by atoms with Crippen LogP contribution in [0.5, 0.6) is 11.5 Å². The monoisotopic (exact) mass is 709 g/mol. The molecule has 1 amide bonds. The van der Waals surface area contributed by atoms with Gasteiger partial charge in [-0.2, -0.15) is 0 Å². The van der Waals surface area contributed by atoms with Gasteiger partial charge >= 0.3 is 0 Å². The van der Waals surface area contributed by atoms with Crippen molar-refractivity contribution in [3.63, 3.8) is 0 Å². The average Bonchev–Trinajstić information content (AvgIpc) is 3.75. The summed E-state index contributed by atoms with van der Waals surface area (Å²) in [5.74, 6) is 0.885. The summed E-state index contributed by atoms with van der Waals surface area (Å²) in [6, 6.07) is 20.9. The van der Waals surface area contributed by atoms with Crippen molar-refractivity contribution in [2.24, 2.45) is 5.41 Å². The van der Waals surface area contributed by atoms with Gasteiger partial charge in [0.25, 0.3) is 0 Å². The van der Waals surface area contributed by atoms with Crippen LogP contribution >= 0.6 is 0 Å². The van der Waals surface area contributed by atoms with E-state index < -0.39 is 17.1 Å². The smallest absolute Gasteiger partial charge is 0.227 e. The molecule has 0 spiro atoms. The van der Waals surface area contributed by atoms with Gasteiger partial charge in [0, 0.05) is 29.7 Å². The zero-order chi connectivity index (χ0) is 36.9. The Morgan fingerprint density at radius 2 is 1.75 bits per heavy atom. The predicted molar refractivity (Wildman–Crippen MR) is 202 cm³/mol. The number of allylic oxidation sites excluding steroid dienone is 2. The summed E-state index contributed by atoms with van der Waals surface area (Å²) in [7, 11) is 3.17. The predicted octanol–water partition coefficient (Wildman–Crippen LogP) is 7.22. The first-order valence-corrected chi connectivity index (χ1v) is 18.9. The van der Waals surface area contributed by atoms with Gasteiger partial charge in [0.2, 0.25) is 5.91 Å². The second-order valence-corrected chi connectivity index (χ2v) is 15.4. The van der Waals surface area contributed by atoms with Gasteiger partial charge in [0.1, 0.15) is 0 Å². The fourth-order valence-corrected chi connectivity index (χ4v) is 8.82. The number of nitrogens with zero attached hydrogens (tertiary/aromatic N) is 1. The Kier molecular flexibility index (Phi) is 11.9. The minimum absolute atomic E-state index is 0.0577. The van der Waals surface area contributed by atoms with Gasteiger partial charge in [0.05, 0.1) is 45.0 Å². The van der Waals surface area contributed by atoms with Gasteiger partial charge in [-0.25, -0.2) is 0 Å². The molecule has 4 aliphatic rings. The van der Waals surface area contributed by atoms with E-state index in [0.717, 1.165) is 42.4 Å². The Bertz CT molecular complexity index is 1750. The maximum atomic E-state index is 14.3. The van der Waals surface area contributed by atoms with Gasteiger partial charge in [0.15, 0.2) is 17.3 Å². The third-order valence-corrected chi connectivity index (χ3v) is 12.0. The molecule has 7 rings (SSSR count). The van der Waals surface area contributed by atoms with Crippen molar-refractivity contribution in [2.45, 2.75) is 102 Å². The molecule has 3 aromatic carbocycles. The Morgan fingerprint density at radius 3 is 2.48 bits per heavy atom. The third-order valence-electron chi connectivity index (χ3n) is 12.0. The number of ketones is 1. The van der Waals surface area contributed by atoms with Crippen LogP contribution in [0.4, 0.5) is 0 Å². The number of carbonyl (C=O) groups is 2. The summed E-state index contributed by atoms with van der Waals surface area (Å²) in [4.78, 5) is 30.4. The van der Waals surface area contributed by atoms with E-state index in [4.69, 9.17) is 14.2 Å². The molecule has 52 heavy (non-hydrogen) atoms. The normalized spacial score (nSPS) is 26.3. The lowest BCUT2D eigenvalue weighted by Gasteiger charge is -2.46. The van der Waals surface area contributed by atoms with Gasteiger partial charge in [-0.1, -0.05) is 67.1 Å². The van der Waals surface area contributed by atoms with E-state index in [-0.39, 0.29) is 36.7 Å². The molecule has 3 aromatic rings. The number of methoxy groups -OCH3 is 2. The maximum Gasteiger partial charge on any atom is 0.227 e. The molecule has 1 aliphatic heterocycles. The van der Waals surface area contributed by atoms with Crippen LogP contribution in [0.1, 0.15) is 104 Å². The summed E-state index contributed by atoms with van der Waals surface area (Å²) in [5, 5.41) is 24.0. The summed E-state index contributed by atoms with van der Waals surface area (Å²) in [5.41, 5.74) is 3.20. The molecule has 2 N–H and O–H groups in total. The number of carbonyl (C=O) groups excluding carboxylic acids is 2. The fraction of sp³-hybridized carbons (Fsp3) is 0.500. The first-order chi connectivity index (χ1) is 25.0. The van der Waals surface area contributed by atoms with E-state index >= 15 is 0 Å². The van der Waals surface area contributed by atoms with Crippen molar-refractivity contribution < 1.29 is 34.0 Å². The van der Waals surface area contributed by atoms with Gasteiger partial charge in [-0.3, -0.25) is 9.59 Å². The van der Waals surface area contributed by atoms with Crippen LogP contribution in [0.25, 0.3) is 0 Å². The molecule has 0 radical (unpaired) electrons. The molecule has 8 heteroatoms. The zero-order valence-electron chi connectivity index (χ0n) is 31.2. The Hall–Kier alpha value is -3.98. The van der Waals surface area contributed by atoms with Crippen LogP contribution in [-0.2, 0) is 22.4 Å². The van der Waals surface area contributed by atoms with Crippen LogP contribution < -0.4 is 9.47 Å². The van der Waals surface area contributed by atoms with E-state index in [1.54, 1.807) is 14.2 Å². The summed E-state index contributed by atoms with van der Waals surface area (Å²) >= 11 is 0. The number of fused-ring (bicyclic) bond motifs is 8. The summed E-state index contributed by atoms with van der Waals surface area (Å²) < 4.78 is 17.0. The Labute approximate surface area is 308 Å². The molecular formula is C44H55NO7. The fourth-order valence-electron chi connectivity index (χ4n) is 8.82. The molecule has 278 valence electrons. The molecule has 1 saturated carbocycles. The zero-order valence-corrected chi connectivity index (χ0v) is 31.2. The molecule has 0 unspecified atom stereocenters. The SMILES string of the molecule is COc1ccc(CC(=O)N(C[C@H]2CCCO2)C[C@]2(O)CC[C@H]3c4ccc(cc4C(=O)c4ccccc4)C[C@@H](O)CCC(C)=CCC[C@@]32C)cc1OC. The summed E-state index contributed by atoms with van der Waals surface area (Å²) in [6.45, 7) is 5.52.